The van der Waals surface area contributed by atoms with Gasteiger partial charge in [0, 0.05) is 5.56 Å². The summed E-state index contributed by atoms with van der Waals surface area (Å²) in [7, 11) is 0. The van der Waals surface area contributed by atoms with Crippen LogP contribution in [0.2, 0.25) is 0 Å². The molecule has 1 aromatic carbocycles. The number of aryl methyl sites for hydroxylation is 2. The van der Waals surface area contributed by atoms with E-state index in [2.05, 4.69) is 0 Å². The predicted octanol–water partition coefficient (Wildman–Crippen LogP) is 3.57. The molecule has 20 heavy (non-hydrogen) atoms. The first-order chi connectivity index (χ1) is 9.52. The van der Waals surface area contributed by atoms with Crippen LogP contribution in [0.1, 0.15) is 31.2 Å². The molecule has 0 aliphatic carbocycles. The molecule has 0 bridgehead atoms. The Morgan fingerprint density at radius 1 is 1.15 bits per heavy atom. The van der Waals surface area contributed by atoms with Crippen LogP contribution < -0.4 is 0 Å². The minimum Gasteiger partial charge on any atom is -0.292 e. The SMILES string of the molecule is Cc1cc(C)cc(C(=O)[C@H](C#N)C(=O)c2cccs2)c1. The van der Waals surface area contributed by atoms with Gasteiger partial charge in [-0.3, -0.25) is 9.59 Å². The summed E-state index contributed by atoms with van der Waals surface area (Å²) in [4.78, 5) is 25.0. The third-order valence-corrected chi connectivity index (χ3v) is 3.81. The third kappa shape index (κ3) is 2.84. The molecule has 0 aliphatic heterocycles. The monoisotopic (exact) mass is 283 g/mol. The minimum atomic E-state index is -1.27. The van der Waals surface area contributed by atoms with Gasteiger partial charge in [-0.15, -0.1) is 11.3 Å². The van der Waals surface area contributed by atoms with E-state index >= 15 is 0 Å². The Kier molecular flexibility index (Phi) is 4.11. The number of nitriles is 1. The number of ketones is 2. The fourth-order valence-electron chi connectivity index (χ4n) is 2.08. The number of nitrogens with zero attached hydrogens (tertiary/aromatic N) is 1. The van der Waals surface area contributed by atoms with E-state index in [0.29, 0.717) is 10.4 Å². The first-order valence-corrected chi connectivity index (χ1v) is 7.00. The van der Waals surface area contributed by atoms with Crippen LogP contribution in [0.5, 0.6) is 0 Å². The number of carbonyl (C=O) groups excluding carboxylic acids is 2. The highest BCUT2D eigenvalue weighted by molar-refractivity contribution is 7.12. The second-order valence-electron chi connectivity index (χ2n) is 4.64. The van der Waals surface area contributed by atoms with Crippen molar-refractivity contribution in [1.29, 1.82) is 5.26 Å². The summed E-state index contributed by atoms with van der Waals surface area (Å²) in [5.41, 5.74) is 2.29. The lowest BCUT2D eigenvalue weighted by Crippen LogP contribution is -2.22. The maximum Gasteiger partial charge on any atom is 0.197 e. The van der Waals surface area contributed by atoms with Crippen molar-refractivity contribution in [3.8, 4) is 6.07 Å². The average molecular weight is 283 g/mol. The van der Waals surface area contributed by atoms with E-state index in [1.54, 1.807) is 29.6 Å². The summed E-state index contributed by atoms with van der Waals surface area (Å²) >= 11 is 1.24. The van der Waals surface area contributed by atoms with E-state index in [9.17, 15) is 14.9 Å². The predicted molar refractivity (Wildman–Crippen MR) is 78.0 cm³/mol. The van der Waals surface area contributed by atoms with Gasteiger partial charge in [-0.25, -0.2) is 0 Å². The van der Waals surface area contributed by atoms with Crippen molar-refractivity contribution in [1.82, 2.24) is 0 Å². The van der Waals surface area contributed by atoms with Crippen LogP contribution in [0.3, 0.4) is 0 Å². The normalized spacial score (nSPS) is 11.7. The van der Waals surface area contributed by atoms with E-state index in [4.69, 9.17) is 0 Å². The highest BCUT2D eigenvalue weighted by atomic mass is 32.1. The van der Waals surface area contributed by atoms with Gasteiger partial charge in [0.1, 0.15) is 0 Å². The molecule has 0 unspecified atom stereocenters. The zero-order valence-electron chi connectivity index (χ0n) is 11.2. The molecular formula is C16H13NO2S. The standard InChI is InChI=1S/C16H13NO2S/c1-10-6-11(2)8-12(7-10)15(18)13(9-17)16(19)14-4-3-5-20-14/h3-8,13H,1-2H3/t13-/m0/s1. The summed E-state index contributed by atoms with van der Waals surface area (Å²) in [5.74, 6) is -2.13. The maximum absolute atomic E-state index is 12.4. The smallest absolute Gasteiger partial charge is 0.197 e. The number of thiophene rings is 1. The summed E-state index contributed by atoms with van der Waals surface area (Å²) in [6.45, 7) is 3.76. The largest absolute Gasteiger partial charge is 0.292 e. The van der Waals surface area contributed by atoms with E-state index < -0.39 is 17.5 Å². The highest BCUT2D eigenvalue weighted by Gasteiger charge is 2.29. The number of hydrogen-bond acceptors (Lipinski definition) is 4. The van der Waals surface area contributed by atoms with Crippen molar-refractivity contribution >= 4 is 22.9 Å². The molecule has 1 heterocycles. The van der Waals surface area contributed by atoms with Crippen LogP contribution in [-0.2, 0) is 0 Å². The molecule has 0 spiro atoms. The molecule has 0 N–H and O–H groups in total. The second kappa shape index (κ2) is 5.81. The lowest BCUT2D eigenvalue weighted by Gasteiger charge is -2.08. The van der Waals surface area contributed by atoms with Gasteiger partial charge in [-0.05, 0) is 37.4 Å². The molecule has 0 saturated carbocycles. The van der Waals surface area contributed by atoms with Crippen LogP contribution in [0.25, 0.3) is 0 Å². The number of Topliss-reactive ketones (excluding diaryl/α,β-unsaturated/α-hetero) is 2. The quantitative estimate of drug-likeness (QED) is 0.636. The van der Waals surface area contributed by atoms with E-state index in [1.165, 1.54) is 11.3 Å². The van der Waals surface area contributed by atoms with Crippen LogP contribution in [0.15, 0.2) is 35.7 Å². The van der Waals surface area contributed by atoms with Gasteiger partial charge in [-0.2, -0.15) is 5.26 Å². The Balaban J connectivity index is 2.35. The first kappa shape index (κ1) is 14.2. The van der Waals surface area contributed by atoms with E-state index in [0.717, 1.165) is 11.1 Å². The summed E-state index contributed by atoms with van der Waals surface area (Å²) in [6.07, 6.45) is 0. The second-order valence-corrected chi connectivity index (χ2v) is 5.59. The molecule has 4 heteroatoms. The van der Waals surface area contributed by atoms with Crippen molar-refractivity contribution in [2.45, 2.75) is 13.8 Å². The van der Waals surface area contributed by atoms with Gasteiger partial charge < -0.3 is 0 Å². The minimum absolute atomic E-state index is 0.416. The molecule has 0 fully saturated rings. The van der Waals surface area contributed by atoms with Gasteiger partial charge in [0.2, 0.25) is 0 Å². The van der Waals surface area contributed by atoms with Gasteiger partial charge in [0.15, 0.2) is 17.5 Å². The zero-order valence-corrected chi connectivity index (χ0v) is 12.0. The number of carbonyl (C=O) groups is 2. The third-order valence-electron chi connectivity index (χ3n) is 2.92. The Morgan fingerprint density at radius 2 is 1.80 bits per heavy atom. The average Bonchev–Trinajstić information content (AvgIpc) is 2.92. The van der Waals surface area contributed by atoms with E-state index in [1.807, 2.05) is 26.0 Å². The van der Waals surface area contributed by atoms with Crippen molar-refractivity contribution in [2.24, 2.45) is 5.92 Å². The van der Waals surface area contributed by atoms with Gasteiger partial charge in [0.25, 0.3) is 0 Å². The maximum atomic E-state index is 12.4. The summed E-state index contributed by atoms with van der Waals surface area (Å²) in [5, 5.41) is 10.9. The first-order valence-electron chi connectivity index (χ1n) is 6.13. The van der Waals surface area contributed by atoms with Crippen molar-refractivity contribution < 1.29 is 9.59 Å². The Morgan fingerprint density at radius 3 is 2.30 bits per heavy atom. The molecule has 2 rings (SSSR count). The van der Waals surface area contributed by atoms with Gasteiger partial charge in [0.05, 0.1) is 10.9 Å². The van der Waals surface area contributed by atoms with E-state index in [-0.39, 0.29) is 0 Å². The molecule has 0 radical (unpaired) electrons. The van der Waals surface area contributed by atoms with Crippen LogP contribution >= 0.6 is 11.3 Å². The molecule has 100 valence electrons. The Labute approximate surface area is 121 Å². The molecule has 1 atom stereocenters. The molecular weight excluding hydrogens is 270 g/mol. The Bertz CT molecular complexity index is 676. The molecule has 0 aliphatic rings. The molecule has 0 saturated heterocycles. The van der Waals surface area contributed by atoms with Crippen molar-refractivity contribution in [2.75, 3.05) is 0 Å². The molecule has 0 amide bonds. The molecule has 1 aromatic heterocycles. The lowest BCUT2D eigenvalue weighted by molar-refractivity contribution is 0.0848. The van der Waals surface area contributed by atoms with Crippen molar-refractivity contribution in [3.63, 3.8) is 0 Å². The number of rotatable bonds is 4. The fraction of sp³-hybridized carbons (Fsp3) is 0.188. The Hall–Kier alpha value is -2.25. The molecule has 3 nitrogen and oxygen atoms in total. The lowest BCUT2D eigenvalue weighted by atomic mass is 9.92. The van der Waals surface area contributed by atoms with Crippen LogP contribution in [0.4, 0.5) is 0 Å². The zero-order chi connectivity index (χ0) is 14.7. The van der Waals surface area contributed by atoms with Crippen LogP contribution in [-0.4, -0.2) is 11.6 Å². The topological polar surface area (TPSA) is 57.9 Å². The fourth-order valence-corrected chi connectivity index (χ4v) is 2.78. The highest BCUT2D eigenvalue weighted by Crippen LogP contribution is 2.19. The van der Waals surface area contributed by atoms with Crippen molar-refractivity contribution in [3.05, 3.63) is 57.3 Å². The van der Waals surface area contributed by atoms with Crippen LogP contribution in [0, 0.1) is 31.1 Å². The van der Waals surface area contributed by atoms with Gasteiger partial charge in [-0.1, -0.05) is 23.3 Å². The van der Waals surface area contributed by atoms with Gasteiger partial charge >= 0.3 is 0 Å². The number of hydrogen-bond donors (Lipinski definition) is 0. The summed E-state index contributed by atoms with van der Waals surface area (Å²) in [6, 6.07) is 10.6. The molecule has 2 aromatic rings. The number of benzene rings is 1. The summed E-state index contributed by atoms with van der Waals surface area (Å²) < 4.78 is 0.